The number of aromatic nitrogens is 4. The number of hydrogen-bond donors (Lipinski definition) is 1. The lowest BCUT2D eigenvalue weighted by Crippen LogP contribution is -2.07. The zero-order valence-electron chi connectivity index (χ0n) is 10.4. The third-order valence-electron chi connectivity index (χ3n) is 2.97. The Morgan fingerprint density at radius 1 is 1.50 bits per heavy atom. The second-order valence-electron chi connectivity index (χ2n) is 4.11. The van der Waals surface area contributed by atoms with E-state index in [9.17, 15) is 10.1 Å². The van der Waals surface area contributed by atoms with Gasteiger partial charge in [0.1, 0.15) is 5.69 Å². The molecule has 0 fully saturated rings. The molecule has 0 aliphatic heterocycles. The molecule has 0 saturated heterocycles. The number of hydrogen-bond acceptors (Lipinski definition) is 5. The van der Waals surface area contributed by atoms with Gasteiger partial charge in [0.05, 0.1) is 17.7 Å². The van der Waals surface area contributed by atoms with Crippen molar-refractivity contribution in [1.29, 1.82) is 0 Å². The molecular formula is C10H14N6O2. The van der Waals surface area contributed by atoms with Crippen molar-refractivity contribution in [3.05, 3.63) is 33.3 Å². The Hall–Kier alpha value is -2.38. The van der Waals surface area contributed by atoms with Gasteiger partial charge in [0.25, 0.3) is 0 Å². The van der Waals surface area contributed by atoms with Gasteiger partial charge in [-0.2, -0.15) is 10.2 Å². The molecule has 8 heteroatoms. The van der Waals surface area contributed by atoms with Gasteiger partial charge in [-0.3, -0.25) is 14.8 Å². The SMILES string of the molecule is Cc1nn(Cc2cnn(C)c2C)c(N)c1[N+](=O)[O-]. The van der Waals surface area contributed by atoms with Crippen molar-refractivity contribution in [3.63, 3.8) is 0 Å². The summed E-state index contributed by atoms with van der Waals surface area (Å²) in [6, 6.07) is 0. The molecule has 0 bridgehead atoms. The maximum Gasteiger partial charge on any atom is 0.333 e. The predicted molar refractivity (Wildman–Crippen MR) is 65.1 cm³/mol. The standard InChI is InChI=1S/C10H14N6O2/c1-6-9(16(17)18)10(11)15(13-6)5-8-4-12-14(3)7(8)2/h4H,5,11H2,1-3H3. The fraction of sp³-hybridized carbons (Fsp3) is 0.400. The minimum Gasteiger partial charge on any atom is -0.378 e. The molecule has 0 spiro atoms. The number of anilines is 1. The quantitative estimate of drug-likeness (QED) is 0.640. The van der Waals surface area contributed by atoms with Crippen LogP contribution in [0.2, 0.25) is 0 Å². The fourth-order valence-electron chi connectivity index (χ4n) is 1.80. The Balaban J connectivity index is 2.39. The van der Waals surface area contributed by atoms with E-state index in [0.717, 1.165) is 11.3 Å². The first kappa shape index (κ1) is 12.1. The van der Waals surface area contributed by atoms with E-state index in [1.807, 2.05) is 14.0 Å². The summed E-state index contributed by atoms with van der Waals surface area (Å²) in [5, 5.41) is 19.0. The number of nitro groups is 1. The average molecular weight is 250 g/mol. The largest absolute Gasteiger partial charge is 0.378 e. The lowest BCUT2D eigenvalue weighted by atomic mass is 10.2. The van der Waals surface area contributed by atoms with Gasteiger partial charge in [-0.25, -0.2) is 4.68 Å². The van der Waals surface area contributed by atoms with Gasteiger partial charge in [0.2, 0.25) is 5.82 Å². The van der Waals surface area contributed by atoms with Crippen LogP contribution in [-0.2, 0) is 13.6 Å². The Morgan fingerprint density at radius 2 is 2.17 bits per heavy atom. The van der Waals surface area contributed by atoms with Crippen molar-refractivity contribution < 1.29 is 4.92 Å². The lowest BCUT2D eigenvalue weighted by Gasteiger charge is -2.02. The smallest absolute Gasteiger partial charge is 0.333 e. The van der Waals surface area contributed by atoms with E-state index in [1.54, 1.807) is 17.8 Å². The molecule has 0 aliphatic carbocycles. The third-order valence-corrected chi connectivity index (χ3v) is 2.97. The van der Waals surface area contributed by atoms with Gasteiger partial charge in [0.15, 0.2) is 0 Å². The normalized spacial score (nSPS) is 10.8. The molecular weight excluding hydrogens is 236 g/mol. The second-order valence-corrected chi connectivity index (χ2v) is 4.11. The molecule has 0 atom stereocenters. The van der Waals surface area contributed by atoms with Gasteiger partial charge >= 0.3 is 5.69 Å². The first-order valence-electron chi connectivity index (χ1n) is 5.36. The molecule has 0 amide bonds. The summed E-state index contributed by atoms with van der Waals surface area (Å²) in [6.07, 6.45) is 1.71. The van der Waals surface area contributed by atoms with Crippen molar-refractivity contribution in [2.75, 3.05) is 5.73 Å². The molecule has 0 radical (unpaired) electrons. The summed E-state index contributed by atoms with van der Waals surface area (Å²) in [5.74, 6) is 0.0701. The molecule has 0 aliphatic rings. The molecule has 2 aromatic rings. The molecule has 2 heterocycles. The molecule has 8 nitrogen and oxygen atoms in total. The summed E-state index contributed by atoms with van der Waals surface area (Å²) in [5.41, 5.74) is 7.84. The van der Waals surface area contributed by atoms with Crippen molar-refractivity contribution in [2.45, 2.75) is 20.4 Å². The van der Waals surface area contributed by atoms with Crippen molar-refractivity contribution in [3.8, 4) is 0 Å². The highest BCUT2D eigenvalue weighted by molar-refractivity contribution is 5.56. The van der Waals surface area contributed by atoms with E-state index >= 15 is 0 Å². The minimum atomic E-state index is -0.510. The molecule has 96 valence electrons. The van der Waals surface area contributed by atoms with Gasteiger partial charge in [0, 0.05) is 18.3 Å². The summed E-state index contributed by atoms with van der Waals surface area (Å²) in [6.45, 7) is 3.87. The van der Waals surface area contributed by atoms with Crippen molar-refractivity contribution in [2.24, 2.45) is 7.05 Å². The van der Waals surface area contributed by atoms with E-state index in [2.05, 4.69) is 10.2 Å². The van der Waals surface area contributed by atoms with E-state index in [0.29, 0.717) is 12.2 Å². The number of rotatable bonds is 3. The minimum absolute atomic E-state index is 0.0701. The monoisotopic (exact) mass is 250 g/mol. The maximum atomic E-state index is 10.8. The van der Waals surface area contributed by atoms with E-state index in [-0.39, 0.29) is 11.5 Å². The average Bonchev–Trinajstić information content (AvgIpc) is 2.73. The number of nitrogen functional groups attached to an aromatic ring is 1. The first-order valence-corrected chi connectivity index (χ1v) is 5.36. The van der Waals surface area contributed by atoms with Crippen molar-refractivity contribution in [1.82, 2.24) is 19.6 Å². The number of nitrogens with zero attached hydrogens (tertiary/aromatic N) is 5. The van der Waals surface area contributed by atoms with Gasteiger partial charge in [-0.05, 0) is 13.8 Å². The fourth-order valence-corrected chi connectivity index (χ4v) is 1.80. The Bertz CT molecular complexity index is 612. The van der Waals surface area contributed by atoms with Gasteiger partial charge < -0.3 is 5.73 Å². The lowest BCUT2D eigenvalue weighted by molar-refractivity contribution is -0.384. The zero-order valence-corrected chi connectivity index (χ0v) is 10.4. The second kappa shape index (κ2) is 4.13. The molecule has 0 aromatic carbocycles. The summed E-state index contributed by atoms with van der Waals surface area (Å²) >= 11 is 0. The Kier molecular flexibility index (Phi) is 2.77. The van der Waals surface area contributed by atoms with Crippen molar-refractivity contribution >= 4 is 11.5 Å². The van der Waals surface area contributed by atoms with E-state index < -0.39 is 4.92 Å². The highest BCUT2D eigenvalue weighted by atomic mass is 16.6. The van der Waals surface area contributed by atoms with Crippen LogP contribution in [0.4, 0.5) is 11.5 Å². The van der Waals surface area contributed by atoms with Crippen LogP contribution in [0.3, 0.4) is 0 Å². The topological polar surface area (TPSA) is 105 Å². The summed E-state index contributed by atoms with van der Waals surface area (Å²) < 4.78 is 3.16. The van der Waals surface area contributed by atoms with Crippen LogP contribution >= 0.6 is 0 Å². The first-order chi connectivity index (χ1) is 8.41. The van der Waals surface area contributed by atoms with Crippen LogP contribution in [0, 0.1) is 24.0 Å². The van der Waals surface area contributed by atoms with Crippen LogP contribution in [-0.4, -0.2) is 24.5 Å². The molecule has 2 N–H and O–H groups in total. The van der Waals surface area contributed by atoms with Crippen LogP contribution in [0.5, 0.6) is 0 Å². The number of aryl methyl sites for hydroxylation is 2. The highest BCUT2D eigenvalue weighted by Gasteiger charge is 2.23. The molecule has 0 unspecified atom stereocenters. The predicted octanol–water partition coefficient (Wildman–Crippen LogP) is 0.772. The summed E-state index contributed by atoms with van der Waals surface area (Å²) in [4.78, 5) is 10.3. The van der Waals surface area contributed by atoms with Crippen LogP contribution in [0.25, 0.3) is 0 Å². The zero-order chi connectivity index (χ0) is 13.4. The molecule has 0 saturated carbocycles. The Morgan fingerprint density at radius 3 is 2.61 bits per heavy atom. The molecule has 2 rings (SSSR count). The summed E-state index contributed by atoms with van der Waals surface area (Å²) in [7, 11) is 1.83. The van der Waals surface area contributed by atoms with E-state index in [1.165, 1.54) is 4.68 Å². The highest BCUT2D eigenvalue weighted by Crippen LogP contribution is 2.25. The van der Waals surface area contributed by atoms with E-state index in [4.69, 9.17) is 5.73 Å². The number of nitrogens with two attached hydrogens (primary N) is 1. The van der Waals surface area contributed by atoms with Crippen LogP contribution < -0.4 is 5.73 Å². The molecule has 18 heavy (non-hydrogen) atoms. The van der Waals surface area contributed by atoms with Crippen LogP contribution in [0.1, 0.15) is 17.0 Å². The van der Waals surface area contributed by atoms with Crippen LogP contribution in [0.15, 0.2) is 6.20 Å². The molecule has 2 aromatic heterocycles. The Labute approximate surface area is 103 Å². The van der Waals surface area contributed by atoms with Gasteiger partial charge in [-0.15, -0.1) is 0 Å². The maximum absolute atomic E-state index is 10.8. The van der Waals surface area contributed by atoms with Gasteiger partial charge in [-0.1, -0.05) is 0 Å². The third kappa shape index (κ3) is 1.81.